The van der Waals surface area contributed by atoms with Crippen LogP contribution in [-0.4, -0.2) is 29.1 Å². The van der Waals surface area contributed by atoms with Gasteiger partial charge in [0.1, 0.15) is 0 Å². The van der Waals surface area contributed by atoms with Crippen LogP contribution in [0.3, 0.4) is 0 Å². The lowest BCUT2D eigenvalue weighted by molar-refractivity contribution is -0.159. The summed E-state index contributed by atoms with van der Waals surface area (Å²) in [6, 6.07) is 0. The van der Waals surface area contributed by atoms with Crippen LogP contribution in [-0.2, 0) is 4.74 Å². The van der Waals surface area contributed by atoms with Crippen molar-refractivity contribution in [2.45, 2.75) is 6.18 Å². The summed E-state index contributed by atoms with van der Waals surface area (Å²) < 4.78 is 38.6. The number of carbonyl (C=O) groups is 1. The fraction of sp³-hybridized carbons (Fsp3) is 0.333. The van der Waals surface area contributed by atoms with Gasteiger partial charge in [0.25, 0.3) is 0 Å². The van der Waals surface area contributed by atoms with Crippen LogP contribution in [0, 0.1) is 0 Å². The Hall–Kier alpha value is -1.73. The molecule has 1 aromatic rings. The first kappa shape index (κ1) is 10.4. The van der Waals surface area contributed by atoms with E-state index < -0.39 is 18.9 Å². The fourth-order valence-corrected chi connectivity index (χ4v) is 0.621. The fourth-order valence-electron chi connectivity index (χ4n) is 0.621. The zero-order valence-corrected chi connectivity index (χ0v) is 6.76. The predicted octanol–water partition coefficient (Wildman–Crippen LogP) is 1.52. The molecule has 78 valence electrons. The molecule has 0 fully saturated rings. The molecule has 0 unspecified atom stereocenters. The van der Waals surface area contributed by atoms with Gasteiger partial charge in [-0.05, 0) is 0 Å². The molecule has 0 bridgehead atoms. The number of ether oxygens (including phenoxy) is 1. The van der Waals surface area contributed by atoms with Gasteiger partial charge in [0.05, 0.1) is 11.9 Å². The first-order chi connectivity index (χ1) is 6.47. The Morgan fingerprint density at radius 2 is 2.36 bits per heavy atom. The monoisotopic (exact) mass is 209 g/mol. The third-order valence-corrected chi connectivity index (χ3v) is 1.11. The minimum Gasteiger partial charge on any atom is -0.440 e. The van der Waals surface area contributed by atoms with E-state index in [2.05, 4.69) is 14.9 Å². The van der Waals surface area contributed by atoms with Crippen molar-refractivity contribution in [1.29, 1.82) is 0 Å². The van der Waals surface area contributed by atoms with Gasteiger partial charge in [0.2, 0.25) is 0 Å². The van der Waals surface area contributed by atoms with Crippen LogP contribution in [0.1, 0.15) is 0 Å². The number of alkyl halides is 3. The van der Waals surface area contributed by atoms with Crippen LogP contribution >= 0.6 is 0 Å². The van der Waals surface area contributed by atoms with Crippen molar-refractivity contribution >= 4 is 11.8 Å². The minimum absolute atomic E-state index is 0.233. The molecule has 0 spiro atoms. The number of nitrogens with one attached hydrogen (secondary N) is 2. The van der Waals surface area contributed by atoms with Gasteiger partial charge in [0, 0.05) is 6.20 Å². The molecule has 0 aliphatic heterocycles. The summed E-state index contributed by atoms with van der Waals surface area (Å²) in [5, 5.41) is 7.87. The lowest BCUT2D eigenvalue weighted by atomic mass is 10.6. The van der Waals surface area contributed by atoms with Crippen LogP contribution in [0.2, 0.25) is 0 Å². The van der Waals surface area contributed by atoms with Crippen molar-refractivity contribution in [2.75, 3.05) is 11.9 Å². The van der Waals surface area contributed by atoms with Gasteiger partial charge in [0.15, 0.2) is 6.61 Å². The van der Waals surface area contributed by atoms with Gasteiger partial charge >= 0.3 is 12.3 Å². The molecule has 0 atom stereocenters. The van der Waals surface area contributed by atoms with E-state index in [1.807, 2.05) is 5.32 Å². The molecule has 5 nitrogen and oxygen atoms in total. The van der Waals surface area contributed by atoms with E-state index in [1.165, 1.54) is 12.4 Å². The number of H-pyrrole nitrogens is 1. The minimum atomic E-state index is -4.52. The summed E-state index contributed by atoms with van der Waals surface area (Å²) >= 11 is 0. The molecular formula is C6H6F3N3O2. The zero-order chi connectivity index (χ0) is 10.6. The number of anilines is 1. The quantitative estimate of drug-likeness (QED) is 0.775. The smallest absolute Gasteiger partial charge is 0.422 e. The molecule has 0 radical (unpaired) electrons. The Morgan fingerprint density at radius 3 is 2.86 bits per heavy atom. The molecule has 1 heterocycles. The Balaban J connectivity index is 2.30. The number of nitrogens with zero attached hydrogens (tertiary/aromatic N) is 1. The number of aromatic nitrogens is 2. The van der Waals surface area contributed by atoms with E-state index in [-0.39, 0.29) is 5.69 Å². The molecular weight excluding hydrogens is 203 g/mol. The van der Waals surface area contributed by atoms with Crippen molar-refractivity contribution in [3.05, 3.63) is 12.4 Å². The van der Waals surface area contributed by atoms with E-state index in [4.69, 9.17) is 0 Å². The van der Waals surface area contributed by atoms with E-state index in [9.17, 15) is 18.0 Å². The maximum absolute atomic E-state index is 11.6. The number of halogens is 3. The lowest BCUT2D eigenvalue weighted by Gasteiger charge is -2.07. The van der Waals surface area contributed by atoms with Crippen molar-refractivity contribution in [3.63, 3.8) is 0 Å². The Kier molecular flexibility index (Phi) is 2.95. The molecule has 0 saturated carbocycles. The molecule has 0 aromatic carbocycles. The van der Waals surface area contributed by atoms with E-state index >= 15 is 0 Å². The topological polar surface area (TPSA) is 67.0 Å². The Labute approximate surface area is 76.2 Å². The summed E-state index contributed by atoms with van der Waals surface area (Å²) in [5.74, 6) is 0. The molecule has 2 N–H and O–H groups in total. The summed E-state index contributed by atoms with van der Waals surface area (Å²) in [7, 11) is 0. The molecule has 0 aliphatic carbocycles. The van der Waals surface area contributed by atoms with Crippen molar-refractivity contribution in [1.82, 2.24) is 10.2 Å². The molecule has 0 aliphatic rings. The van der Waals surface area contributed by atoms with E-state index in [0.29, 0.717) is 0 Å². The van der Waals surface area contributed by atoms with E-state index in [0.717, 1.165) is 0 Å². The summed E-state index contributed by atoms with van der Waals surface area (Å²) in [5.41, 5.74) is 0.233. The zero-order valence-electron chi connectivity index (χ0n) is 6.76. The van der Waals surface area contributed by atoms with Crippen molar-refractivity contribution in [3.8, 4) is 0 Å². The standard InChI is InChI=1S/C6H6F3N3O2/c7-6(8,9)3-14-5(13)12-4-1-10-11-2-4/h1-2H,3H2,(H,10,11)(H,12,13). The highest BCUT2D eigenvalue weighted by molar-refractivity contribution is 5.84. The first-order valence-corrected chi connectivity index (χ1v) is 3.47. The first-order valence-electron chi connectivity index (χ1n) is 3.47. The molecule has 1 aromatic heterocycles. The predicted molar refractivity (Wildman–Crippen MR) is 39.6 cm³/mol. The number of carbonyl (C=O) groups excluding carboxylic acids is 1. The number of aromatic amines is 1. The van der Waals surface area contributed by atoms with E-state index in [1.54, 1.807) is 0 Å². The highest BCUT2D eigenvalue weighted by Gasteiger charge is 2.29. The van der Waals surface area contributed by atoms with Gasteiger partial charge in [-0.25, -0.2) is 4.79 Å². The summed E-state index contributed by atoms with van der Waals surface area (Å²) in [4.78, 5) is 10.7. The van der Waals surface area contributed by atoms with Gasteiger partial charge in [-0.2, -0.15) is 18.3 Å². The maximum atomic E-state index is 11.6. The third-order valence-electron chi connectivity index (χ3n) is 1.11. The second kappa shape index (κ2) is 3.99. The van der Waals surface area contributed by atoms with Gasteiger partial charge in [-0.1, -0.05) is 0 Å². The molecule has 14 heavy (non-hydrogen) atoms. The van der Waals surface area contributed by atoms with Crippen LogP contribution in [0.4, 0.5) is 23.7 Å². The molecule has 8 heteroatoms. The number of hydrogen-bond acceptors (Lipinski definition) is 3. The van der Waals surface area contributed by atoms with Gasteiger partial charge in [-0.3, -0.25) is 10.4 Å². The second-order valence-electron chi connectivity index (χ2n) is 2.30. The average molecular weight is 209 g/mol. The summed E-state index contributed by atoms with van der Waals surface area (Å²) in [6.07, 6.45) is -3.17. The lowest BCUT2D eigenvalue weighted by Crippen LogP contribution is -2.23. The molecule has 1 rings (SSSR count). The Bertz CT molecular complexity index is 296. The average Bonchev–Trinajstić information content (AvgIpc) is 2.52. The number of rotatable bonds is 2. The van der Waals surface area contributed by atoms with Crippen LogP contribution in [0.25, 0.3) is 0 Å². The van der Waals surface area contributed by atoms with Crippen LogP contribution < -0.4 is 5.32 Å². The largest absolute Gasteiger partial charge is 0.440 e. The Morgan fingerprint density at radius 1 is 1.64 bits per heavy atom. The highest BCUT2D eigenvalue weighted by Crippen LogP contribution is 2.14. The highest BCUT2D eigenvalue weighted by atomic mass is 19.4. The molecule has 0 saturated heterocycles. The molecule has 1 amide bonds. The number of hydrogen-bond donors (Lipinski definition) is 2. The third kappa shape index (κ3) is 3.78. The SMILES string of the molecule is O=C(Nc1cn[nH]c1)OCC(F)(F)F. The van der Waals surface area contributed by atoms with Crippen molar-refractivity contribution in [2.24, 2.45) is 0 Å². The maximum Gasteiger partial charge on any atom is 0.422 e. The van der Waals surface area contributed by atoms with Crippen molar-refractivity contribution < 1.29 is 22.7 Å². The summed E-state index contributed by atoms with van der Waals surface area (Å²) in [6.45, 7) is -1.61. The van der Waals surface area contributed by atoms with Gasteiger partial charge < -0.3 is 4.74 Å². The van der Waals surface area contributed by atoms with Gasteiger partial charge in [-0.15, -0.1) is 0 Å². The normalized spacial score (nSPS) is 11.1. The second-order valence-corrected chi connectivity index (χ2v) is 2.30. The number of amides is 1. The van der Waals surface area contributed by atoms with Crippen LogP contribution in [0.15, 0.2) is 12.4 Å². The van der Waals surface area contributed by atoms with Crippen LogP contribution in [0.5, 0.6) is 0 Å².